The normalized spacial score (nSPS) is 21.9. The molecule has 1 saturated heterocycles. The van der Waals surface area contributed by atoms with E-state index < -0.39 is 11.6 Å². The Kier molecular flexibility index (Phi) is 3.63. The molecule has 1 fully saturated rings. The predicted molar refractivity (Wildman–Crippen MR) is 77.9 cm³/mol. The van der Waals surface area contributed by atoms with Crippen LogP contribution in [0.4, 0.5) is 14.5 Å². The fraction of sp³-hybridized carbons (Fsp3) is 0.200. The van der Waals surface area contributed by atoms with Crippen LogP contribution in [0.1, 0.15) is 17.9 Å². The predicted octanol–water partition coefficient (Wildman–Crippen LogP) is 3.53. The van der Waals surface area contributed by atoms with Gasteiger partial charge in [-0.3, -0.25) is 14.7 Å². The summed E-state index contributed by atoms with van der Waals surface area (Å²) in [5.74, 6) is -1.60. The van der Waals surface area contributed by atoms with Crippen LogP contribution >= 0.6 is 11.8 Å². The number of hydrogen-bond acceptors (Lipinski definition) is 3. The van der Waals surface area contributed by atoms with Crippen molar-refractivity contribution in [2.75, 3.05) is 4.90 Å². The zero-order valence-corrected chi connectivity index (χ0v) is 12.0. The number of carbonyl (C=O) groups excluding carboxylic acids is 1. The smallest absolute Gasteiger partial charge is 0.241 e. The third-order valence-electron chi connectivity index (χ3n) is 3.29. The Balaban J connectivity index is 2.06. The van der Waals surface area contributed by atoms with E-state index in [0.29, 0.717) is 0 Å². The number of rotatable bonds is 2. The van der Waals surface area contributed by atoms with Gasteiger partial charge >= 0.3 is 0 Å². The second-order valence-corrected chi connectivity index (χ2v) is 6.15. The van der Waals surface area contributed by atoms with Crippen LogP contribution in [0.2, 0.25) is 0 Å². The minimum atomic E-state index is -0.744. The summed E-state index contributed by atoms with van der Waals surface area (Å²) >= 11 is 1.42. The van der Waals surface area contributed by atoms with E-state index in [1.165, 1.54) is 22.7 Å². The van der Waals surface area contributed by atoms with Crippen LogP contribution in [0, 0.1) is 11.6 Å². The molecule has 0 bridgehead atoms. The number of carbonyl (C=O) groups is 1. The topological polar surface area (TPSA) is 33.2 Å². The number of thioether (sulfide) groups is 1. The van der Waals surface area contributed by atoms with Gasteiger partial charge in [0.2, 0.25) is 5.91 Å². The highest BCUT2D eigenvalue weighted by molar-refractivity contribution is 8.01. The van der Waals surface area contributed by atoms with Gasteiger partial charge in [0.05, 0.1) is 10.9 Å². The van der Waals surface area contributed by atoms with Crippen molar-refractivity contribution in [3.63, 3.8) is 0 Å². The molecule has 2 aromatic rings. The maximum absolute atomic E-state index is 14.0. The monoisotopic (exact) mass is 306 g/mol. The number of halogens is 2. The van der Waals surface area contributed by atoms with Gasteiger partial charge in [0.25, 0.3) is 0 Å². The minimum Gasteiger partial charge on any atom is -0.292 e. The van der Waals surface area contributed by atoms with E-state index in [1.807, 2.05) is 6.07 Å². The molecule has 0 saturated carbocycles. The van der Waals surface area contributed by atoms with Gasteiger partial charge < -0.3 is 0 Å². The lowest BCUT2D eigenvalue weighted by Crippen LogP contribution is -2.31. The molecule has 1 aromatic carbocycles. The largest absolute Gasteiger partial charge is 0.292 e. The fourth-order valence-corrected chi connectivity index (χ4v) is 3.55. The molecule has 0 aliphatic carbocycles. The molecule has 3 rings (SSSR count). The van der Waals surface area contributed by atoms with Crippen LogP contribution in [-0.4, -0.2) is 16.1 Å². The van der Waals surface area contributed by atoms with Crippen molar-refractivity contribution in [2.24, 2.45) is 0 Å². The molecule has 1 aliphatic heterocycles. The van der Waals surface area contributed by atoms with Gasteiger partial charge in [-0.25, -0.2) is 8.78 Å². The van der Waals surface area contributed by atoms with Gasteiger partial charge in [-0.15, -0.1) is 11.8 Å². The van der Waals surface area contributed by atoms with Crippen LogP contribution in [0.15, 0.2) is 42.7 Å². The summed E-state index contributed by atoms with van der Waals surface area (Å²) in [6.07, 6.45) is 3.29. The zero-order valence-electron chi connectivity index (χ0n) is 11.2. The van der Waals surface area contributed by atoms with E-state index >= 15 is 0 Å². The van der Waals surface area contributed by atoms with Gasteiger partial charge in [0, 0.05) is 24.0 Å². The maximum atomic E-state index is 14.0. The Morgan fingerprint density at radius 3 is 2.76 bits per heavy atom. The average molecular weight is 306 g/mol. The highest BCUT2D eigenvalue weighted by Gasteiger charge is 2.40. The number of amides is 1. The molecule has 21 heavy (non-hydrogen) atoms. The Bertz CT molecular complexity index is 681. The molecule has 108 valence electrons. The molecule has 0 unspecified atom stereocenters. The second-order valence-electron chi connectivity index (χ2n) is 4.72. The summed E-state index contributed by atoms with van der Waals surface area (Å²) < 4.78 is 27.1. The molecule has 1 aromatic heterocycles. The third kappa shape index (κ3) is 2.51. The maximum Gasteiger partial charge on any atom is 0.241 e. The lowest BCUT2D eigenvalue weighted by atomic mass is 10.2. The van der Waals surface area contributed by atoms with Crippen LogP contribution < -0.4 is 4.90 Å². The first-order valence-electron chi connectivity index (χ1n) is 6.41. The quantitative estimate of drug-likeness (QED) is 0.851. The molecule has 3 nitrogen and oxygen atoms in total. The molecule has 0 spiro atoms. The Hall–Kier alpha value is -1.95. The number of nitrogens with zero attached hydrogens (tertiary/aromatic N) is 2. The molecule has 2 atom stereocenters. The van der Waals surface area contributed by atoms with E-state index in [2.05, 4.69) is 4.98 Å². The van der Waals surface area contributed by atoms with Crippen molar-refractivity contribution in [1.29, 1.82) is 0 Å². The van der Waals surface area contributed by atoms with E-state index in [1.54, 1.807) is 25.4 Å². The summed E-state index contributed by atoms with van der Waals surface area (Å²) in [5, 5.41) is -0.652. The van der Waals surface area contributed by atoms with Gasteiger partial charge in [-0.2, -0.15) is 0 Å². The number of anilines is 1. The van der Waals surface area contributed by atoms with Crippen molar-refractivity contribution >= 4 is 23.4 Å². The number of benzene rings is 1. The van der Waals surface area contributed by atoms with Crippen molar-refractivity contribution in [3.8, 4) is 0 Å². The molecule has 1 amide bonds. The van der Waals surface area contributed by atoms with Crippen LogP contribution in [-0.2, 0) is 4.79 Å². The van der Waals surface area contributed by atoms with Crippen molar-refractivity contribution in [3.05, 3.63) is 59.9 Å². The highest BCUT2D eigenvalue weighted by atomic mass is 32.2. The standard InChI is InChI=1S/C15H12F2N2OS/c1-9-14(20)19(13-5-4-11(16)7-12(13)17)15(21-9)10-3-2-6-18-8-10/h2-9,15H,1H3/t9-,15+/m1/s1. The highest BCUT2D eigenvalue weighted by Crippen LogP contribution is 2.45. The molecule has 2 heterocycles. The molecular formula is C15H12F2N2OS. The SMILES string of the molecule is C[C@H]1S[C@@H](c2cccnc2)N(c2ccc(F)cc2F)C1=O. The molecule has 6 heteroatoms. The Morgan fingerprint density at radius 2 is 2.10 bits per heavy atom. The van der Waals surface area contributed by atoms with Crippen molar-refractivity contribution in [2.45, 2.75) is 17.5 Å². The number of pyridine rings is 1. The van der Waals surface area contributed by atoms with Crippen molar-refractivity contribution < 1.29 is 13.6 Å². The number of hydrogen-bond donors (Lipinski definition) is 0. The van der Waals surface area contributed by atoms with Crippen LogP contribution in [0.5, 0.6) is 0 Å². The molecule has 0 N–H and O–H groups in total. The van der Waals surface area contributed by atoms with Gasteiger partial charge in [-0.05, 0) is 25.1 Å². The first-order chi connectivity index (χ1) is 10.1. The molecular weight excluding hydrogens is 294 g/mol. The summed E-state index contributed by atoms with van der Waals surface area (Å²) in [4.78, 5) is 17.8. The second kappa shape index (κ2) is 5.44. The van der Waals surface area contributed by atoms with E-state index in [0.717, 1.165) is 17.7 Å². The van der Waals surface area contributed by atoms with Crippen molar-refractivity contribution in [1.82, 2.24) is 4.98 Å². The lowest BCUT2D eigenvalue weighted by Gasteiger charge is -2.24. The Morgan fingerprint density at radius 1 is 1.29 bits per heavy atom. The fourth-order valence-electron chi connectivity index (χ4n) is 2.30. The Labute approximate surface area is 125 Å². The number of aromatic nitrogens is 1. The van der Waals surface area contributed by atoms with Gasteiger partial charge in [-0.1, -0.05) is 6.07 Å². The minimum absolute atomic E-state index is 0.0899. The first kappa shape index (κ1) is 14.0. The van der Waals surface area contributed by atoms with Crippen LogP contribution in [0.3, 0.4) is 0 Å². The molecule has 1 aliphatic rings. The molecule has 0 radical (unpaired) electrons. The summed E-state index contributed by atoms with van der Waals surface area (Å²) in [7, 11) is 0. The summed E-state index contributed by atoms with van der Waals surface area (Å²) in [5.41, 5.74) is 0.899. The summed E-state index contributed by atoms with van der Waals surface area (Å²) in [6.45, 7) is 1.78. The third-order valence-corrected chi connectivity index (χ3v) is 4.64. The van der Waals surface area contributed by atoms with E-state index in [9.17, 15) is 13.6 Å². The van der Waals surface area contributed by atoms with Gasteiger partial charge in [0.15, 0.2) is 0 Å². The van der Waals surface area contributed by atoms with Gasteiger partial charge in [0.1, 0.15) is 17.0 Å². The zero-order chi connectivity index (χ0) is 15.0. The summed E-state index contributed by atoms with van der Waals surface area (Å²) in [6, 6.07) is 6.84. The van der Waals surface area contributed by atoms with E-state index in [-0.39, 0.29) is 22.2 Å². The lowest BCUT2D eigenvalue weighted by molar-refractivity contribution is -0.117. The first-order valence-corrected chi connectivity index (χ1v) is 7.35. The average Bonchev–Trinajstić information content (AvgIpc) is 2.76. The van der Waals surface area contributed by atoms with Crippen LogP contribution in [0.25, 0.3) is 0 Å². The van der Waals surface area contributed by atoms with E-state index in [4.69, 9.17) is 0 Å².